The summed E-state index contributed by atoms with van der Waals surface area (Å²) in [6, 6.07) is 0. The average Bonchev–Trinajstić information content (AvgIpc) is 2.80. The lowest BCUT2D eigenvalue weighted by molar-refractivity contribution is 0.406. The van der Waals surface area contributed by atoms with Crippen LogP contribution in [0.3, 0.4) is 0 Å². The molecule has 0 spiro atoms. The Morgan fingerprint density at radius 2 is 0.727 bits per heavy atom. The molecule has 0 fully saturated rings. The minimum absolute atomic E-state index is 0.978. The zero-order valence-corrected chi connectivity index (χ0v) is 11.6. The van der Waals surface area contributed by atoms with Crippen LogP contribution in [0.5, 0.6) is 0 Å². The lowest BCUT2D eigenvalue weighted by Crippen LogP contribution is -2.03. The minimum Gasteiger partial charge on any atom is -0.203 e. The molecule has 0 saturated heterocycles. The van der Waals surface area contributed by atoms with Crippen molar-refractivity contribution in [1.29, 1.82) is 0 Å². The van der Waals surface area contributed by atoms with Crippen LogP contribution in [-0.2, 0) is 0 Å². The van der Waals surface area contributed by atoms with E-state index in [1.165, 1.54) is 0 Å². The average molecular weight is 389 g/mol. The number of halogens is 9. The highest BCUT2D eigenvalue weighted by atomic mass is 79.9. The molecule has 116 valence electrons. The molecule has 0 radical (unpaired) electrons. The molecule has 0 saturated carbocycles. The lowest BCUT2D eigenvalue weighted by Gasteiger charge is -2.08. The Labute approximate surface area is 125 Å². The third kappa shape index (κ3) is 1.62. The molecule has 0 aliphatic heterocycles. The largest absolute Gasteiger partial charge is 0.203 e. The Morgan fingerprint density at radius 1 is 0.455 bits per heavy atom. The summed E-state index contributed by atoms with van der Waals surface area (Å²) in [4.78, 5) is -1.72. The van der Waals surface area contributed by atoms with Crippen molar-refractivity contribution in [3.63, 3.8) is 0 Å². The Bertz CT molecular complexity index is 776. The molecule has 9 heteroatoms. The molecule has 1 aliphatic rings. The van der Waals surface area contributed by atoms with Crippen molar-refractivity contribution >= 4 is 15.9 Å². The molecule has 2 aromatic rings. The molecule has 0 bridgehead atoms. The van der Waals surface area contributed by atoms with Crippen LogP contribution in [0.15, 0.2) is 0 Å². The highest BCUT2D eigenvalue weighted by Crippen LogP contribution is 2.53. The molecular weight excluding hydrogens is 388 g/mol. The first-order chi connectivity index (χ1) is 10.2. The van der Waals surface area contributed by atoms with Gasteiger partial charge in [-0.3, -0.25) is 0 Å². The zero-order chi connectivity index (χ0) is 16.5. The molecule has 22 heavy (non-hydrogen) atoms. The lowest BCUT2D eigenvalue weighted by atomic mass is 10.0. The topological polar surface area (TPSA) is 0 Å². The van der Waals surface area contributed by atoms with Gasteiger partial charge in [-0.2, -0.15) is 0 Å². The maximum Gasteiger partial charge on any atom is 0.198 e. The number of alkyl halides is 1. The number of hydrogen-bond donors (Lipinski definition) is 0. The predicted octanol–water partition coefficient (Wildman–Crippen LogP) is 5.26. The van der Waals surface area contributed by atoms with Crippen molar-refractivity contribution in [3.05, 3.63) is 57.7 Å². The SMILES string of the molecule is Fc1c(F)c(F)c2c(c1F)-c1c(F)c(F)c(F)c(F)c1C2Br. The van der Waals surface area contributed by atoms with E-state index in [9.17, 15) is 35.1 Å². The standard InChI is InChI=1S/C13HBrF8/c14-5-3-1(6(15)10(19)12(21)8(3)17)2-4(5)9(18)13(22)11(20)7(2)16/h5H. The Morgan fingerprint density at radius 3 is 1.05 bits per heavy atom. The molecule has 0 amide bonds. The number of hydrogen-bond acceptors (Lipinski definition) is 0. The summed E-state index contributed by atoms with van der Waals surface area (Å²) < 4.78 is 108. The first-order valence-corrected chi connectivity index (χ1v) is 6.47. The van der Waals surface area contributed by atoms with Gasteiger partial charge in [0.2, 0.25) is 0 Å². The summed E-state index contributed by atoms with van der Waals surface area (Å²) in [7, 11) is 0. The highest BCUT2D eigenvalue weighted by Gasteiger charge is 2.43. The quantitative estimate of drug-likeness (QED) is 0.250. The number of benzene rings is 2. The fraction of sp³-hybridized carbons (Fsp3) is 0.0769. The van der Waals surface area contributed by atoms with Crippen LogP contribution in [0.25, 0.3) is 11.1 Å². The van der Waals surface area contributed by atoms with Crippen LogP contribution >= 0.6 is 15.9 Å². The van der Waals surface area contributed by atoms with Gasteiger partial charge < -0.3 is 0 Å². The van der Waals surface area contributed by atoms with Crippen molar-refractivity contribution in [1.82, 2.24) is 0 Å². The van der Waals surface area contributed by atoms with Crippen molar-refractivity contribution in [2.75, 3.05) is 0 Å². The maximum absolute atomic E-state index is 13.8. The summed E-state index contributed by atoms with van der Waals surface area (Å²) in [5.74, 6) is -16.8. The van der Waals surface area contributed by atoms with Gasteiger partial charge in [-0.25, -0.2) is 35.1 Å². The van der Waals surface area contributed by atoms with Crippen molar-refractivity contribution in [2.24, 2.45) is 0 Å². The van der Waals surface area contributed by atoms with E-state index in [0.29, 0.717) is 0 Å². The van der Waals surface area contributed by atoms with E-state index in [1.54, 1.807) is 0 Å². The Balaban J connectivity index is 2.56. The van der Waals surface area contributed by atoms with Gasteiger partial charge >= 0.3 is 0 Å². The van der Waals surface area contributed by atoms with Crippen LogP contribution in [0.4, 0.5) is 35.1 Å². The van der Waals surface area contributed by atoms with Gasteiger partial charge in [0.15, 0.2) is 46.5 Å². The maximum atomic E-state index is 13.8. The summed E-state index contributed by atoms with van der Waals surface area (Å²) >= 11 is 2.63. The van der Waals surface area contributed by atoms with Crippen LogP contribution in [0.1, 0.15) is 16.0 Å². The molecule has 0 unspecified atom stereocenters. The van der Waals surface area contributed by atoms with Crippen LogP contribution < -0.4 is 0 Å². The van der Waals surface area contributed by atoms with Crippen molar-refractivity contribution in [2.45, 2.75) is 4.83 Å². The normalized spacial score (nSPS) is 13.5. The summed E-state index contributed by atoms with van der Waals surface area (Å²) in [6.07, 6.45) is 0. The van der Waals surface area contributed by atoms with E-state index in [4.69, 9.17) is 0 Å². The molecular formula is C13HBrF8. The second kappa shape index (κ2) is 4.68. The second-order valence-electron chi connectivity index (χ2n) is 4.45. The summed E-state index contributed by atoms with van der Waals surface area (Å²) in [6.45, 7) is 0. The zero-order valence-electron chi connectivity index (χ0n) is 9.98. The first kappa shape index (κ1) is 15.3. The monoisotopic (exact) mass is 388 g/mol. The van der Waals surface area contributed by atoms with Gasteiger partial charge in [-0.15, -0.1) is 0 Å². The molecule has 0 heterocycles. The van der Waals surface area contributed by atoms with Crippen molar-refractivity contribution < 1.29 is 35.1 Å². The fourth-order valence-electron chi connectivity index (χ4n) is 2.41. The minimum atomic E-state index is -2.27. The molecule has 0 nitrogen and oxygen atoms in total. The van der Waals surface area contributed by atoms with Crippen LogP contribution in [0, 0.1) is 46.5 Å². The molecule has 2 aromatic carbocycles. The molecule has 0 atom stereocenters. The van der Waals surface area contributed by atoms with Crippen molar-refractivity contribution in [3.8, 4) is 11.1 Å². The molecule has 3 rings (SSSR count). The van der Waals surface area contributed by atoms with Crippen LogP contribution in [0.2, 0.25) is 0 Å². The molecule has 0 N–H and O–H groups in total. The van der Waals surface area contributed by atoms with Gasteiger partial charge in [0.25, 0.3) is 0 Å². The van der Waals surface area contributed by atoms with Crippen LogP contribution in [-0.4, -0.2) is 0 Å². The van der Waals surface area contributed by atoms with Gasteiger partial charge in [-0.05, 0) is 0 Å². The molecule has 0 aromatic heterocycles. The Kier molecular flexibility index (Phi) is 3.24. The van der Waals surface area contributed by atoms with E-state index in [2.05, 4.69) is 15.9 Å². The van der Waals surface area contributed by atoms with E-state index in [0.717, 1.165) is 0 Å². The molecule has 1 aliphatic carbocycles. The number of fused-ring (bicyclic) bond motifs is 3. The van der Waals surface area contributed by atoms with E-state index >= 15 is 0 Å². The summed E-state index contributed by atoms with van der Waals surface area (Å²) in [5.41, 5.74) is -4.34. The fourth-order valence-corrected chi connectivity index (χ4v) is 3.27. The third-order valence-corrected chi connectivity index (χ3v) is 4.28. The van der Waals surface area contributed by atoms with Gasteiger partial charge in [0.1, 0.15) is 0 Å². The summed E-state index contributed by atoms with van der Waals surface area (Å²) in [5, 5.41) is 0. The van der Waals surface area contributed by atoms with Gasteiger partial charge in [0.05, 0.1) is 4.83 Å². The Hall–Kier alpha value is -1.64. The predicted molar refractivity (Wildman–Crippen MR) is 62.3 cm³/mol. The smallest absolute Gasteiger partial charge is 0.198 e. The highest BCUT2D eigenvalue weighted by molar-refractivity contribution is 9.09. The van der Waals surface area contributed by atoms with E-state index < -0.39 is 73.6 Å². The third-order valence-electron chi connectivity index (χ3n) is 3.36. The van der Waals surface area contributed by atoms with Gasteiger partial charge in [0, 0.05) is 22.3 Å². The first-order valence-electron chi connectivity index (χ1n) is 5.56. The van der Waals surface area contributed by atoms with E-state index in [1.807, 2.05) is 0 Å². The second-order valence-corrected chi connectivity index (χ2v) is 5.37. The van der Waals surface area contributed by atoms with E-state index in [-0.39, 0.29) is 0 Å². The number of rotatable bonds is 0. The van der Waals surface area contributed by atoms with Gasteiger partial charge in [-0.1, -0.05) is 15.9 Å².